The van der Waals surface area contributed by atoms with Gasteiger partial charge in [0.1, 0.15) is 12.4 Å². The number of aromatic nitrogens is 1. The van der Waals surface area contributed by atoms with Gasteiger partial charge in [0, 0.05) is 39.7 Å². The SMILES string of the molecule is COCCN(CC(=O)N1N=C(c2cccn2C)C[C@H]1c1ccc(F)cc1)C(=O)CC(C)(C)C. The topological polar surface area (TPSA) is 67.1 Å². The van der Waals surface area contributed by atoms with Crippen LogP contribution in [0.2, 0.25) is 0 Å². The van der Waals surface area contributed by atoms with Crippen molar-refractivity contribution in [3.63, 3.8) is 0 Å². The zero-order valence-electron chi connectivity index (χ0n) is 20.0. The lowest BCUT2D eigenvalue weighted by atomic mass is 9.91. The average Bonchev–Trinajstić information content (AvgIpc) is 3.36. The molecule has 0 N–H and O–H groups in total. The van der Waals surface area contributed by atoms with Crippen LogP contribution in [0.5, 0.6) is 0 Å². The van der Waals surface area contributed by atoms with Crippen molar-refractivity contribution in [1.82, 2.24) is 14.5 Å². The Morgan fingerprint density at radius 3 is 2.48 bits per heavy atom. The van der Waals surface area contributed by atoms with Gasteiger partial charge in [-0.2, -0.15) is 5.10 Å². The number of amides is 2. The van der Waals surface area contributed by atoms with Gasteiger partial charge in [0.05, 0.1) is 24.1 Å². The third kappa shape index (κ3) is 6.28. The Kier molecular flexibility index (Phi) is 7.68. The normalized spacial score (nSPS) is 16.1. The summed E-state index contributed by atoms with van der Waals surface area (Å²) in [6.45, 7) is 6.52. The molecular weight excluding hydrogens is 423 g/mol. The molecule has 0 unspecified atom stereocenters. The predicted octanol–water partition coefficient (Wildman–Crippen LogP) is 3.75. The van der Waals surface area contributed by atoms with Crippen molar-refractivity contribution in [3.8, 4) is 0 Å². The Morgan fingerprint density at radius 2 is 1.91 bits per heavy atom. The number of nitrogens with zero attached hydrogens (tertiary/aromatic N) is 4. The van der Waals surface area contributed by atoms with Gasteiger partial charge >= 0.3 is 0 Å². The highest BCUT2D eigenvalue weighted by Gasteiger charge is 2.35. The molecule has 0 saturated carbocycles. The standard InChI is InChI=1S/C25H33FN4O3/c1-25(2,3)16-23(31)29(13-14-33-5)17-24(32)30-22(18-8-10-19(26)11-9-18)15-20(27-30)21-7-6-12-28(21)4/h6-12,22H,13-17H2,1-5H3/t22-/m0/s1. The summed E-state index contributed by atoms with van der Waals surface area (Å²) >= 11 is 0. The highest BCUT2D eigenvalue weighted by atomic mass is 19.1. The summed E-state index contributed by atoms with van der Waals surface area (Å²) in [6.07, 6.45) is 2.75. The molecule has 2 amide bonds. The molecule has 0 aliphatic carbocycles. The number of carbonyl (C=O) groups is 2. The van der Waals surface area contributed by atoms with Gasteiger partial charge in [0.15, 0.2) is 0 Å². The second-order valence-electron chi connectivity index (χ2n) is 9.61. The molecule has 1 aliphatic rings. The molecule has 33 heavy (non-hydrogen) atoms. The van der Waals surface area contributed by atoms with E-state index in [1.165, 1.54) is 22.0 Å². The fourth-order valence-electron chi connectivity index (χ4n) is 3.90. The minimum Gasteiger partial charge on any atom is -0.383 e. The number of aryl methyl sites for hydroxylation is 1. The van der Waals surface area contributed by atoms with E-state index in [1.807, 2.05) is 50.7 Å². The van der Waals surface area contributed by atoms with E-state index in [0.717, 1.165) is 17.0 Å². The number of methoxy groups -OCH3 is 1. The van der Waals surface area contributed by atoms with Gasteiger partial charge < -0.3 is 14.2 Å². The van der Waals surface area contributed by atoms with E-state index >= 15 is 0 Å². The van der Waals surface area contributed by atoms with Crippen LogP contribution in [-0.2, 0) is 21.4 Å². The molecule has 1 aromatic heterocycles. The molecular formula is C25H33FN4O3. The zero-order chi connectivity index (χ0) is 24.2. The maximum atomic E-state index is 13.5. The van der Waals surface area contributed by atoms with E-state index in [2.05, 4.69) is 5.10 Å². The first-order chi connectivity index (χ1) is 15.6. The molecule has 0 saturated heterocycles. The second-order valence-corrected chi connectivity index (χ2v) is 9.61. The fourth-order valence-corrected chi connectivity index (χ4v) is 3.90. The van der Waals surface area contributed by atoms with Crippen molar-refractivity contribution >= 4 is 17.5 Å². The Labute approximate surface area is 194 Å². The lowest BCUT2D eigenvalue weighted by Gasteiger charge is -2.29. The summed E-state index contributed by atoms with van der Waals surface area (Å²) in [6, 6.07) is 9.63. The van der Waals surface area contributed by atoms with Crippen molar-refractivity contribution in [1.29, 1.82) is 0 Å². The van der Waals surface area contributed by atoms with Crippen molar-refractivity contribution in [2.45, 2.75) is 39.7 Å². The van der Waals surface area contributed by atoms with Gasteiger partial charge in [0.25, 0.3) is 5.91 Å². The van der Waals surface area contributed by atoms with Crippen LogP contribution in [0.3, 0.4) is 0 Å². The first-order valence-electron chi connectivity index (χ1n) is 11.1. The van der Waals surface area contributed by atoms with E-state index < -0.39 is 0 Å². The number of hydrogen-bond donors (Lipinski definition) is 0. The number of ether oxygens (including phenoxy) is 1. The Morgan fingerprint density at radius 1 is 1.21 bits per heavy atom. The number of hydrazone groups is 1. The second kappa shape index (κ2) is 10.3. The smallest absolute Gasteiger partial charge is 0.262 e. The third-order valence-electron chi connectivity index (χ3n) is 5.59. The molecule has 178 valence electrons. The van der Waals surface area contributed by atoms with E-state index in [4.69, 9.17) is 4.74 Å². The van der Waals surface area contributed by atoms with Crippen LogP contribution in [-0.4, -0.2) is 58.8 Å². The molecule has 1 aliphatic heterocycles. The third-order valence-corrected chi connectivity index (χ3v) is 5.59. The van der Waals surface area contributed by atoms with E-state index in [0.29, 0.717) is 26.0 Å². The molecule has 2 heterocycles. The molecule has 1 aromatic carbocycles. The van der Waals surface area contributed by atoms with E-state index in [-0.39, 0.29) is 35.6 Å². The van der Waals surface area contributed by atoms with Gasteiger partial charge in [-0.05, 0) is 35.2 Å². The molecule has 0 fully saturated rings. The lowest BCUT2D eigenvalue weighted by Crippen LogP contribution is -2.43. The number of halogens is 1. The number of hydrogen-bond acceptors (Lipinski definition) is 4. The van der Waals surface area contributed by atoms with Gasteiger partial charge in [-0.1, -0.05) is 32.9 Å². The van der Waals surface area contributed by atoms with Crippen molar-refractivity contribution in [2.75, 3.05) is 26.8 Å². The van der Waals surface area contributed by atoms with E-state index in [1.54, 1.807) is 19.2 Å². The van der Waals surface area contributed by atoms with Crippen LogP contribution >= 0.6 is 0 Å². The summed E-state index contributed by atoms with van der Waals surface area (Å²) in [5.74, 6) is -0.722. The molecule has 3 rings (SSSR count). The van der Waals surface area contributed by atoms with Crippen molar-refractivity contribution in [3.05, 3.63) is 59.7 Å². The van der Waals surface area contributed by atoms with Crippen LogP contribution in [0.15, 0.2) is 47.7 Å². The Balaban J connectivity index is 1.87. The van der Waals surface area contributed by atoms with Crippen LogP contribution in [0.4, 0.5) is 4.39 Å². The minimum atomic E-state index is -0.370. The molecule has 2 aromatic rings. The van der Waals surface area contributed by atoms with Crippen molar-refractivity contribution in [2.24, 2.45) is 17.6 Å². The van der Waals surface area contributed by atoms with Gasteiger partial charge in [-0.25, -0.2) is 9.40 Å². The maximum Gasteiger partial charge on any atom is 0.262 e. The largest absolute Gasteiger partial charge is 0.383 e. The molecule has 0 radical (unpaired) electrons. The number of carbonyl (C=O) groups excluding carboxylic acids is 2. The quantitative estimate of drug-likeness (QED) is 0.608. The van der Waals surface area contributed by atoms with Crippen LogP contribution in [0.1, 0.15) is 50.9 Å². The monoisotopic (exact) mass is 456 g/mol. The molecule has 8 heteroatoms. The van der Waals surface area contributed by atoms with Crippen LogP contribution in [0.25, 0.3) is 0 Å². The molecule has 7 nitrogen and oxygen atoms in total. The highest BCUT2D eigenvalue weighted by molar-refractivity contribution is 6.02. The summed E-state index contributed by atoms with van der Waals surface area (Å²) in [5.41, 5.74) is 2.28. The predicted molar refractivity (Wildman–Crippen MR) is 125 cm³/mol. The number of benzene rings is 1. The molecule has 0 spiro atoms. The van der Waals surface area contributed by atoms with Gasteiger partial charge in [-0.3, -0.25) is 9.59 Å². The summed E-state index contributed by atoms with van der Waals surface area (Å²) in [5, 5.41) is 6.10. The lowest BCUT2D eigenvalue weighted by molar-refractivity contribution is -0.143. The summed E-state index contributed by atoms with van der Waals surface area (Å²) in [7, 11) is 3.49. The summed E-state index contributed by atoms with van der Waals surface area (Å²) < 4.78 is 20.6. The molecule has 1 atom stereocenters. The summed E-state index contributed by atoms with van der Waals surface area (Å²) in [4.78, 5) is 27.9. The van der Waals surface area contributed by atoms with Crippen molar-refractivity contribution < 1.29 is 18.7 Å². The van der Waals surface area contributed by atoms with Crippen LogP contribution in [0, 0.1) is 11.2 Å². The Bertz CT molecular complexity index is 1010. The van der Waals surface area contributed by atoms with Gasteiger partial charge in [0.2, 0.25) is 5.91 Å². The average molecular weight is 457 g/mol. The zero-order valence-corrected chi connectivity index (χ0v) is 20.0. The van der Waals surface area contributed by atoms with Gasteiger partial charge in [-0.15, -0.1) is 0 Å². The van der Waals surface area contributed by atoms with Crippen LogP contribution < -0.4 is 0 Å². The first kappa shape index (κ1) is 24.6. The fraction of sp³-hybridized carbons (Fsp3) is 0.480. The van der Waals surface area contributed by atoms with E-state index in [9.17, 15) is 14.0 Å². The maximum absolute atomic E-state index is 13.5. The first-order valence-corrected chi connectivity index (χ1v) is 11.1. The number of rotatable bonds is 8. The molecule has 0 bridgehead atoms. The minimum absolute atomic E-state index is 0.0973. The highest BCUT2D eigenvalue weighted by Crippen LogP contribution is 2.33. The Hall–Kier alpha value is -3.00.